The number of hydrogen-bond donors (Lipinski definition) is 2. The normalized spacial score (nSPS) is 12.6. The van der Waals surface area contributed by atoms with Gasteiger partial charge in [-0.15, -0.1) is 10.2 Å². The van der Waals surface area contributed by atoms with E-state index in [1.807, 2.05) is 50.2 Å². The first-order valence-electron chi connectivity index (χ1n) is 9.51. The lowest BCUT2D eigenvalue weighted by molar-refractivity contribution is -0.115. The highest BCUT2D eigenvalue weighted by Crippen LogP contribution is 2.28. The van der Waals surface area contributed by atoms with E-state index in [-0.39, 0.29) is 16.6 Å². The highest BCUT2D eigenvalue weighted by molar-refractivity contribution is 8.00. The Kier molecular flexibility index (Phi) is 5.98. The maximum absolute atomic E-state index is 12.6. The summed E-state index contributed by atoms with van der Waals surface area (Å²) in [6.45, 7) is 10.3. The fraction of sp³-hybridized carbons (Fsp3) is 0.318. The maximum Gasteiger partial charge on any atom is 0.237 e. The zero-order valence-corrected chi connectivity index (χ0v) is 18.2. The lowest BCUT2D eigenvalue weighted by Gasteiger charge is -2.19. The maximum atomic E-state index is 12.6. The van der Waals surface area contributed by atoms with Crippen molar-refractivity contribution in [1.82, 2.24) is 14.9 Å². The van der Waals surface area contributed by atoms with E-state index in [1.165, 1.54) is 22.0 Å². The summed E-state index contributed by atoms with van der Waals surface area (Å²) in [5, 5.41) is 11.5. The number of nitrogens with two attached hydrogens (primary N) is 1. The molecule has 1 amide bonds. The first kappa shape index (κ1) is 20.9. The van der Waals surface area contributed by atoms with Crippen molar-refractivity contribution in [2.75, 3.05) is 11.2 Å². The van der Waals surface area contributed by atoms with Crippen LogP contribution in [-0.4, -0.2) is 26.0 Å². The summed E-state index contributed by atoms with van der Waals surface area (Å²) in [4.78, 5) is 12.6. The molecule has 0 spiro atoms. The highest BCUT2D eigenvalue weighted by atomic mass is 32.2. The third-order valence-corrected chi connectivity index (χ3v) is 5.78. The van der Waals surface area contributed by atoms with Gasteiger partial charge in [-0.2, -0.15) is 0 Å². The van der Waals surface area contributed by atoms with Crippen molar-refractivity contribution < 1.29 is 4.79 Å². The molecule has 2 aromatic carbocycles. The average molecular weight is 410 g/mol. The molecular weight excluding hydrogens is 382 g/mol. The minimum absolute atomic E-state index is 0.0792. The Balaban J connectivity index is 1.72. The summed E-state index contributed by atoms with van der Waals surface area (Å²) in [5.74, 6) is 6.68. The van der Waals surface area contributed by atoms with Gasteiger partial charge >= 0.3 is 0 Å². The summed E-state index contributed by atoms with van der Waals surface area (Å²) in [7, 11) is 0. The van der Waals surface area contributed by atoms with Crippen molar-refractivity contribution in [2.24, 2.45) is 0 Å². The number of aryl methyl sites for hydroxylation is 1. The number of hydrogen-bond acceptors (Lipinski definition) is 5. The zero-order chi connectivity index (χ0) is 21.2. The first-order chi connectivity index (χ1) is 13.7. The van der Waals surface area contributed by atoms with Crippen LogP contribution in [0.4, 0.5) is 5.69 Å². The molecule has 3 aromatic rings. The van der Waals surface area contributed by atoms with Crippen LogP contribution in [0.3, 0.4) is 0 Å². The van der Waals surface area contributed by atoms with Gasteiger partial charge in [-0.3, -0.25) is 4.79 Å². The zero-order valence-electron chi connectivity index (χ0n) is 17.4. The van der Waals surface area contributed by atoms with E-state index in [0.717, 1.165) is 16.8 Å². The predicted molar refractivity (Wildman–Crippen MR) is 119 cm³/mol. The van der Waals surface area contributed by atoms with Crippen molar-refractivity contribution in [3.63, 3.8) is 0 Å². The molecule has 0 saturated heterocycles. The molecule has 1 unspecified atom stereocenters. The van der Waals surface area contributed by atoms with Crippen LogP contribution in [0.15, 0.2) is 53.7 Å². The van der Waals surface area contributed by atoms with Gasteiger partial charge in [0.15, 0.2) is 5.82 Å². The van der Waals surface area contributed by atoms with Crippen molar-refractivity contribution in [2.45, 2.75) is 50.4 Å². The molecule has 0 bridgehead atoms. The predicted octanol–water partition coefficient (Wildman–Crippen LogP) is 4.38. The fourth-order valence-corrected chi connectivity index (χ4v) is 3.60. The van der Waals surface area contributed by atoms with Crippen LogP contribution < -0.4 is 11.2 Å². The topological polar surface area (TPSA) is 85.8 Å². The first-order valence-corrected chi connectivity index (χ1v) is 10.4. The van der Waals surface area contributed by atoms with Gasteiger partial charge in [-0.05, 0) is 36.5 Å². The molecule has 1 aromatic heterocycles. The molecule has 1 atom stereocenters. The molecule has 0 aliphatic heterocycles. The van der Waals surface area contributed by atoms with Crippen LogP contribution in [0.2, 0.25) is 0 Å². The number of aromatic nitrogens is 3. The second-order valence-electron chi connectivity index (χ2n) is 8.07. The van der Waals surface area contributed by atoms with Gasteiger partial charge < -0.3 is 11.2 Å². The Hall–Kier alpha value is -2.80. The van der Waals surface area contributed by atoms with Gasteiger partial charge in [0.1, 0.15) is 0 Å². The molecule has 29 heavy (non-hydrogen) atoms. The van der Waals surface area contributed by atoms with Gasteiger partial charge in [0, 0.05) is 11.3 Å². The van der Waals surface area contributed by atoms with E-state index in [4.69, 9.17) is 5.84 Å². The van der Waals surface area contributed by atoms with Crippen LogP contribution in [0.5, 0.6) is 0 Å². The van der Waals surface area contributed by atoms with Gasteiger partial charge in [0.05, 0.1) is 5.25 Å². The summed E-state index contributed by atoms with van der Waals surface area (Å²) in [5.41, 5.74) is 4.02. The molecule has 0 aliphatic carbocycles. The highest BCUT2D eigenvalue weighted by Gasteiger charge is 2.21. The number of anilines is 1. The van der Waals surface area contributed by atoms with E-state index in [0.29, 0.717) is 11.0 Å². The Morgan fingerprint density at radius 3 is 2.38 bits per heavy atom. The molecule has 152 valence electrons. The molecule has 3 N–H and O–H groups in total. The summed E-state index contributed by atoms with van der Waals surface area (Å²) in [6, 6.07) is 15.8. The molecule has 0 fully saturated rings. The van der Waals surface area contributed by atoms with E-state index >= 15 is 0 Å². The molecule has 7 heteroatoms. The molecule has 1 heterocycles. The number of thioether (sulfide) groups is 1. The third-order valence-electron chi connectivity index (χ3n) is 4.73. The number of nitrogens with zero attached hydrogens (tertiary/aromatic N) is 3. The number of carbonyl (C=O) groups excluding carboxylic acids is 1. The molecule has 0 aliphatic rings. The number of benzene rings is 2. The lowest BCUT2D eigenvalue weighted by Crippen LogP contribution is -2.24. The van der Waals surface area contributed by atoms with Crippen molar-refractivity contribution >= 4 is 23.4 Å². The molecule has 0 saturated carbocycles. The van der Waals surface area contributed by atoms with Gasteiger partial charge in [-0.1, -0.05) is 75.0 Å². The lowest BCUT2D eigenvalue weighted by atomic mass is 9.87. The number of nitrogen functional groups attached to an aromatic ring is 1. The van der Waals surface area contributed by atoms with Crippen LogP contribution in [-0.2, 0) is 10.2 Å². The van der Waals surface area contributed by atoms with Gasteiger partial charge in [0.2, 0.25) is 11.1 Å². The number of amides is 1. The van der Waals surface area contributed by atoms with Gasteiger partial charge in [-0.25, -0.2) is 4.68 Å². The monoisotopic (exact) mass is 409 g/mol. The Bertz CT molecular complexity index is 1000. The largest absolute Gasteiger partial charge is 0.335 e. The molecule has 3 rings (SSSR count). The fourth-order valence-electron chi connectivity index (χ4n) is 2.83. The number of nitrogens with one attached hydrogen (secondary N) is 1. The van der Waals surface area contributed by atoms with E-state index in [1.54, 1.807) is 0 Å². The van der Waals surface area contributed by atoms with Crippen LogP contribution in [0.1, 0.15) is 38.8 Å². The van der Waals surface area contributed by atoms with Crippen LogP contribution in [0.25, 0.3) is 11.4 Å². The standard InChI is InChI=1S/C22H27N5OS/c1-14-8-6-7-9-18(14)24-20(28)15(2)29-21-26-25-19(27(21)23)16-10-12-17(13-11-16)22(3,4)5/h6-13,15H,23H2,1-5H3,(H,24,28). The van der Waals surface area contributed by atoms with Crippen LogP contribution >= 0.6 is 11.8 Å². The SMILES string of the molecule is Cc1ccccc1NC(=O)C(C)Sc1nnc(-c2ccc(C(C)(C)C)cc2)n1N. The minimum atomic E-state index is -0.378. The smallest absolute Gasteiger partial charge is 0.237 e. The number of carbonyl (C=O) groups is 1. The van der Waals surface area contributed by atoms with E-state index < -0.39 is 0 Å². The molecular formula is C22H27N5OS. The number of para-hydroxylation sites is 1. The van der Waals surface area contributed by atoms with Crippen molar-refractivity contribution in [1.29, 1.82) is 0 Å². The van der Waals surface area contributed by atoms with E-state index in [9.17, 15) is 4.79 Å². The van der Waals surface area contributed by atoms with Crippen molar-refractivity contribution in [3.8, 4) is 11.4 Å². The van der Waals surface area contributed by atoms with Crippen LogP contribution in [0, 0.1) is 6.92 Å². The Labute approximate surface area is 175 Å². The number of rotatable bonds is 5. The minimum Gasteiger partial charge on any atom is -0.335 e. The summed E-state index contributed by atoms with van der Waals surface area (Å²) in [6.07, 6.45) is 0. The molecule has 6 nitrogen and oxygen atoms in total. The Morgan fingerprint density at radius 2 is 1.76 bits per heavy atom. The molecule has 0 radical (unpaired) electrons. The summed E-state index contributed by atoms with van der Waals surface area (Å²) >= 11 is 1.28. The quantitative estimate of drug-likeness (QED) is 0.482. The van der Waals surface area contributed by atoms with Gasteiger partial charge in [0.25, 0.3) is 0 Å². The summed E-state index contributed by atoms with van der Waals surface area (Å²) < 4.78 is 1.44. The average Bonchev–Trinajstić information content (AvgIpc) is 3.03. The second kappa shape index (κ2) is 8.29. The van der Waals surface area contributed by atoms with E-state index in [2.05, 4.69) is 48.4 Å². The van der Waals surface area contributed by atoms with Crippen molar-refractivity contribution in [3.05, 3.63) is 59.7 Å². The third kappa shape index (κ3) is 4.79. The Morgan fingerprint density at radius 1 is 1.10 bits per heavy atom. The second-order valence-corrected chi connectivity index (χ2v) is 9.38.